The maximum atomic E-state index is 2.51. The van der Waals surface area contributed by atoms with Crippen LogP contribution in [0.4, 0.5) is 0 Å². The fourth-order valence-corrected chi connectivity index (χ4v) is 12.9. The molecule has 0 spiro atoms. The van der Waals surface area contributed by atoms with Gasteiger partial charge in [-0.2, -0.15) is 10.0 Å². The zero-order chi connectivity index (χ0) is 22.4. The van der Waals surface area contributed by atoms with Gasteiger partial charge in [0.05, 0.1) is 9.75 Å². The first kappa shape index (κ1) is 25.4. The monoisotopic (exact) mass is 478 g/mol. The van der Waals surface area contributed by atoms with Gasteiger partial charge in [0.15, 0.2) is 0 Å². The van der Waals surface area contributed by atoms with Crippen molar-refractivity contribution in [3.05, 3.63) is 22.9 Å². The maximum absolute atomic E-state index is 2.51. The van der Waals surface area contributed by atoms with E-state index >= 15 is 0 Å². The van der Waals surface area contributed by atoms with Crippen LogP contribution in [0.25, 0.3) is 9.75 Å². The van der Waals surface area contributed by atoms with Crippen LogP contribution in [0.1, 0.15) is 92.9 Å². The second-order valence-corrected chi connectivity index (χ2v) is 16.3. The summed E-state index contributed by atoms with van der Waals surface area (Å²) in [7, 11) is -0.845. The number of hydrogen-bond acceptors (Lipinski definition) is 2. The minimum atomic E-state index is -0.845. The van der Waals surface area contributed by atoms with Crippen LogP contribution >= 0.6 is 32.7 Å². The first-order chi connectivity index (χ1) is 14.8. The topological polar surface area (TPSA) is 0 Å². The van der Waals surface area contributed by atoms with Gasteiger partial charge in [-0.3, -0.25) is 0 Å². The standard InChI is InChI=1S/C28H46S3/c1-21(2)9-7-11-23(5)15-19-31(20-16-24(6)12-8-10-22(3)4)25-13-17-29-27(25)28-26(31)14-18-30-28/h13-14,17-18,21-24H,7-12,15-16,19-20H2,1-6H3. The van der Waals surface area contributed by atoms with Crippen LogP contribution in [0.5, 0.6) is 0 Å². The fourth-order valence-electron chi connectivity index (χ4n) is 5.04. The molecule has 0 amide bonds. The van der Waals surface area contributed by atoms with Crippen molar-refractivity contribution in [2.45, 2.75) is 103 Å². The molecule has 0 saturated heterocycles. The van der Waals surface area contributed by atoms with Gasteiger partial charge in [-0.25, -0.2) is 0 Å². The molecule has 0 N–H and O–H groups in total. The molecule has 2 unspecified atom stereocenters. The van der Waals surface area contributed by atoms with Gasteiger partial charge in [0.2, 0.25) is 0 Å². The van der Waals surface area contributed by atoms with Crippen molar-refractivity contribution in [1.29, 1.82) is 0 Å². The normalized spacial score (nSPS) is 17.7. The molecule has 2 aromatic heterocycles. The van der Waals surface area contributed by atoms with E-state index in [4.69, 9.17) is 0 Å². The molecule has 0 radical (unpaired) electrons. The van der Waals surface area contributed by atoms with Crippen molar-refractivity contribution in [3.63, 3.8) is 0 Å². The molecule has 0 fully saturated rings. The summed E-state index contributed by atoms with van der Waals surface area (Å²) in [4.78, 5) is 6.76. The van der Waals surface area contributed by atoms with Crippen molar-refractivity contribution in [1.82, 2.24) is 0 Å². The van der Waals surface area contributed by atoms with E-state index in [2.05, 4.69) is 64.4 Å². The van der Waals surface area contributed by atoms with Crippen molar-refractivity contribution >= 4 is 32.7 Å². The summed E-state index contributed by atoms with van der Waals surface area (Å²) in [6.45, 7) is 14.5. The third-order valence-electron chi connectivity index (χ3n) is 7.18. The minimum Gasteiger partial charge on any atom is -0.185 e. The minimum absolute atomic E-state index is 0.845. The number of thiophene rings is 2. The smallest absolute Gasteiger partial charge is 0.0577 e. The third-order valence-corrected chi connectivity index (χ3v) is 13.7. The Balaban J connectivity index is 1.69. The molecule has 31 heavy (non-hydrogen) atoms. The Bertz CT molecular complexity index is 716. The van der Waals surface area contributed by atoms with E-state index in [-0.39, 0.29) is 0 Å². The van der Waals surface area contributed by atoms with Crippen molar-refractivity contribution in [2.75, 3.05) is 11.5 Å². The summed E-state index contributed by atoms with van der Waals surface area (Å²) in [5.74, 6) is 6.24. The van der Waals surface area contributed by atoms with E-state index in [1.165, 1.54) is 62.9 Å². The number of rotatable bonds is 14. The molecule has 0 aromatic carbocycles. The molecule has 2 atom stereocenters. The van der Waals surface area contributed by atoms with Crippen LogP contribution in [0.2, 0.25) is 0 Å². The molecule has 176 valence electrons. The number of fused-ring (bicyclic) bond motifs is 3. The van der Waals surface area contributed by atoms with Crippen molar-refractivity contribution < 1.29 is 0 Å². The van der Waals surface area contributed by atoms with Gasteiger partial charge in [-0.15, -0.1) is 22.7 Å². The molecule has 3 rings (SSSR count). The average Bonchev–Trinajstić information content (AvgIpc) is 3.40. The molecule has 0 aliphatic carbocycles. The average molecular weight is 479 g/mol. The maximum Gasteiger partial charge on any atom is 0.0577 e. The summed E-state index contributed by atoms with van der Waals surface area (Å²) in [5, 5.41) is 4.74. The Morgan fingerprint density at radius 2 is 1.03 bits per heavy atom. The highest BCUT2D eigenvalue weighted by Crippen LogP contribution is 2.74. The quantitative estimate of drug-likeness (QED) is 0.253. The van der Waals surface area contributed by atoms with Crippen LogP contribution in [-0.2, 0) is 0 Å². The molecule has 3 heterocycles. The summed E-state index contributed by atoms with van der Waals surface area (Å²) in [5.41, 5.74) is 0. The highest BCUT2D eigenvalue weighted by atomic mass is 32.3. The molecule has 1 aliphatic rings. The highest BCUT2D eigenvalue weighted by Gasteiger charge is 2.40. The SMILES string of the molecule is CC(C)CCCC(C)CCS1(CCC(C)CCCC(C)C)c2ccsc2-c2sccc21. The number of hydrogen-bond donors (Lipinski definition) is 0. The van der Waals surface area contributed by atoms with E-state index in [1.54, 1.807) is 19.5 Å². The lowest BCUT2D eigenvalue weighted by molar-refractivity contribution is 0.447. The Morgan fingerprint density at radius 1 is 0.613 bits per heavy atom. The largest absolute Gasteiger partial charge is 0.185 e. The predicted molar refractivity (Wildman–Crippen MR) is 146 cm³/mol. The van der Waals surface area contributed by atoms with E-state index in [9.17, 15) is 0 Å². The van der Waals surface area contributed by atoms with E-state index < -0.39 is 10.0 Å². The molecule has 1 aliphatic heterocycles. The van der Waals surface area contributed by atoms with E-state index in [0.29, 0.717) is 0 Å². The second kappa shape index (κ2) is 11.7. The van der Waals surface area contributed by atoms with Crippen molar-refractivity contribution in [2.24, 2.45) is 23.7 Å². The zero-order valence-corrected chi connectivity index (χ0v) is 23.4. The van der Waals surface area contributed by atoms with Gasteiger partial charge in [-0.1, -0.05) is 80.1 Å². The first-order valence-corrected chi connectivity index (χ1v) is 16.5. The molecule has 3 heteroatoms. The Kier molecular flexibility index (Phi) is 9.62. The summed E-state index contributed by atoms with van der Waals surface area (Å²) >= 11 is 3.99. The third kappa shape index (κ3) is 6.42. The summed E-state index contributed by atoms with van der Waals surface area (Å²) in [6.07, 6.45) is 11.2. The molecule has 0 bridgehead atoms. The Labute approximate surface area is 202 Å². The van der Waals surface area contributed by atoms with Crippen LogP contribution in [0.15, 0.2) is 32.7 Å². The first-order valence-electron chi connectivity index (χ1n) is 12.8. The van der Waals surface area contributed by atoms with E-state index in [0.717, 1.165) is 23.7 Å². The van der Waals surface area contributed by atoms with Gasteiger partial charge in [0.25, 0.3) is 0 Å². The van der Waals surface area contributed by atoms with Crippen LogP contribution < -0.4 is 0 Å². The Morgan fingerprint density at radius 3 is 1.42 bits per heavy atom. The van der Waals surface area contributed by atoms with Gasteiger partial charge in [0.1, 0.15) is 0 Å². The molecular weight excluding hydrogens is 433 g/mol. The van der Waals surface area contributed by atoms with E-state index in [1.807, 2.05) is 22.7 Å². The molecule has 2 aromatic rings. The highest BCUT2D eigenvalue weighted by molar-refractivity contribution is 8.34. The van der Waals surface area contributed by atoms with Gasteiger partial charge >= 0.3 is 0 Å². The van der Waals surface area contributed by atoms with Crippen LogP contribution in [0.3, 0.4) is 0 Å². The summed E-state index contributed by atoms with van der Waals surface area (Å²) in [6, 6.07) is 5.02. The zero-order valence-electron chi connectivity index (χ0n) is 20.9. The molecule has 0 saturated carbocycles. The van der Waals surface area contributed by atoms with Crippen LogP contribution in [0, 0.1) is 23.7 Å². The molecular formula is C28H46S3. The summed E-state index contributed by atoms with van der Waals surface area (Å²) < 4.78 is 0. The van der Waals surface area contributed by atoms with Gasteiger partial charge in [-0.05, 0) is 70.9 Å². The lowest BCUT2D eigenvalue weighted by Gasteiger charge is -2.39. The van der Waals surface area contributed by atoms with Gasteiger partial charge < -0.3 is 0 Å². The predicted octanol–water partition coefficient (Wildman–Crippen LogP) is 10.7. The van der Waals surface area contributed by atoms with Gasteiger partial charge in [0, 0.05) is 9.79 Å². The van der Waals surface area contributed by atoms with Crippen molar-refractivity contribution in [3.8, 4) is 9.75 Å². The second-order valence-electron chi connectivity index (χ2n) is 11.0. The van der Waals surface area contributed by atoms with Crippen LogP contribution in [-0.4, -0.2) is 11.5 Å². The lowest BCUT2D eigenvalue weighted by Crippen LogP contribution is -2.13. The lowest BCUT2D eigenvalue weighted by atomic mass is 9.98. The fraction of sp³-hybridized carbons (Fsp3) is 0.714. The molecule has 0 nitrogen and oxygen atoms in total. The Hall–Kier alpha value is -0.250.